The first-order valence-corrected chi connectivity index (χ1v) is 7.93. The molecule has 3 aliphatic heterocycles. The third kappa shape index (κ3) is 2.27. The molecule has 3 saturated heterocycles. The van der Waals surface area contributed by atoms with Gasteiger partial charge in [-0.25, -0.2) is 0 Å². The number of nitrogens with two attached hydrogens (primary N) is 1. The molecule has 112 valence electrons. The first-order valence-electron chi connectivity index (χ1n) is 7.93. The second kappa shape index (κ2) is 4.82. The van der Waals surface area contributed by atoms with E-state index >= 15 is 0 Å². The van der Waals surface area contributed by atoms with Crippen molar-refractivity contribution in [2.45, 2.75) is 37.3 Å². The minimum atomic E-state index is -0.865. The molecule has 0 unspecified atom stereocenters. The van der Waals surface area contributed by atoms with Crippen molar-refractivity contribution in [3.05, 3.63) is 35.4 Å². The van der Waals surface area contributed by atoms with Crippen LogP contribution in [0.2, 0.25) is 0 Å². The lowest BCUT2D eigenvalue weighted by Gasteiger charge is -2.44. The highest BCUT2D eigenvalue weighted by atomic mass is 16.5. The van der Waals surface area contributed by atoms with Crippen molar-refractivity contribution in [1.82, 2.24) is 4.90 Å². The molecule has 5 rings (SSSR count). The molecule has 0 aromatic heterocycles. The van der Waals surface area contributed by atoms with E-state index in [-0.39, 0.29) is 12.1 Å². The minimum absolute atomic E-state index is 0.0455. The van der Waals surface area contributed by atoms with Gasteiger partial charge in [0.25, 0.3) is 0 Å². The lowest BCUT2D eigenvalue weighted by atomic mass is 9.85. The fourth-order valence-electron chi connectivity index (χ4n) is 4.09. The summed E-state index contributed by atoms with van der Waals surface area (Å²) in [5.41, 5.74) is 7.89. The number of ether oxygens (including phenoxy) is 1. The molecule has 4 heteroatoms. The van der Waals surface area contributed by atoms with Gasteiger partial charge in [0.15, 0.2) is 0 Å². The van der Waals surface area contributed by atoms with Gasteiger partial charge < -0.3 is 10.5 Å². The van der Waals surface area contributed by atoms with E-state index in [1.807, 2.05) is 12.1 Å². The topological polar surface area (TPSA) is 55.6 Å². The van der Waals surface area contributed by atoms with E-state index in [4.69, 9.17) is 10.5 Å². The summed E-state index contributed by atoms with van der Waals surface area (Å²) in [6, 6.07) is 8.13. The van der Waals surface area contributed by atoms with E-state index in [0.717, 1.165) is 32.5 Å². The van der Waals surface area contributed by atoms with Crippen LogP contribution in [0.15, 0.2) is 24.3 Å². The summed E-state index contributed by atoms with van der Waals surface area (Å²) in [5.74, 6) is 0.323. The molecule has 3 heterocycles. The van der Waals surface area contributed by atoms with Crippen LogP contribution in [-0.4, -0.2) is 42.1 Å². The molecule has 1 aromatic carbocycles. The summed E-state index contributed by atoms with van der Waals surface area (Å²) < 4.78 is 5.84. The fourth-order valence-corrected chi connectivity index (χ4v) is 4.09. The van der Waals surface area contributed by atoms with Crippen molar-refractivity contribution >= 4 is 5.97 Å². The second-order valence-electron chi connectivity index (χ2n) is 6.86. The molecule has 2 N–H and O–H groups in total. The SMILES string of the molecule is NC1(C(=O)O[C@H]2CN3CCC2CC3)Cc2ccccc2C1. The molecule has 4 nitrogen and oxygen atoms in total. The van der Waals surface area contributed by atoms with Gasteiger partial charge in [-0.05, 0) is 43.0 Å². The van der Waals surface area contributed by atoms with Gasteiger partial charge in [0.05, 0.1) is 0 Å². The summed E-state index contributed by atoms with van der Waals surface area (Å²) in [6.07, 6.45) is 3.54. The smallest absolute Gasteiger partial charge is 0.327 e. The molecule has 0 radical (unpaired) electrons. The Morgan fingerprint density at radius 2 is 1.81 bits per heavy atom. The Bertz CT molecular complexity index is 539. The van der Waals surface area contributed by atoms with Gasteiger partial charge in [0, 0.05) is 19.4 Å². The van der Waals surface area contributed by atoms with E-state index in [1.165, 1.54) is 11.1 Å². The first-order chi connectivity index (χ1) is 10.1. The normalized spacial score (nSPS) is 32.7. The molecule has 3 fully saturated rings. The summed E-state index contributed by atoms with van der Waals surface area (Å²) in [5, 5.41) is 0. The quantitative estimate of drug-likeness (QED) is 0.828. The zero-order valence-corrected chi connectivity index (χ0v) is 12.3. The number of esters is 1. The molecular weight excluding hydrogens is 264 g/mol. The van der Waals surface area contributed by atoms with Gasteiger partial charge in [-0.1, -0.05) is 24.3 Å². The summed E-state index contributed by atoms with van der Waals surface area (Å²) in [6.45, 7) is 3.19. The number of nitrogens with zero attached hydrogens (tertiary/aromatic N) is 1. The molecule has 21 heavy (non-hydrogen) atoms. The van der Waals surface area contributed by atoms with Crippen molar-refractivity contribution in [3.8, 4) is 0 Å². The number of carbonyl (C=O) groups excluding carboxylic acids is 1. The molecule has 0 amide bonds. The highest BCUT2D eigenvalue weighted by Crippen LogP contribution is 2.33. The molecule has 0 saturated carbocycles. The Kier molecular flexibility index (Phi) is 3.05. The summed E-state index contributed by atoms with van der Waals surface area (Å²) in [4.78, 5) is 15.0. The number of hydrogen-bond donors (Lipinski definition) is 1. The molecule has 1 aliphatic carbocycles. The van der Waals surface area contributed by atoms with Crippen LogP contribution in [0.1, 0.15) is 24.0 Å². The van der Waals surface area contributed by atoms with Crippen molar-refractivity contribution < 1.29 is 9.53 Å². The third-order valence-corrected chi connectivity index (χ3v) is 5.39. The predicted molar refractivity (Wildman–Crippen MR) is 79.8 cm³/mol. The second-order valence-corrected chi connectivity index (χ2v) is 6.86. The molecule has 1 aromatic rings. The van der Waals surface area contributed by atoms with Gasteiger partial charge in [0.1, 0.15) is 11.6 Å². The maximum Gasteiger partial charge on any atom is 0.327 e. The maximum atomic E-state index is 12.6. The lowest BCUT2D eigenvalue weighted by molar-refractivity contribution is -0.165. The van der Waals surface area contributed by atoms with Crippen molar-refractivity contribution in [1.29, 1.82) is 0 Å². The first kappa shape index (κ1) is 13.3. The standard InChI is InChI=1S/C17H22N2O2/c18-17(9-13-3-1-2-4-14(13)10-17)16(20)21-15-11-19-7-5-12(15)6-8-19/h1-4,12,15H,5-11,18H2/t15-/m0/s1. The van der Waals surface area contributed by atoms with Gasteiger partial charge in [0.2, 0.25) is 0 Å². The van der Waals surface area contributed by atoms with Crippen LogP contribution in [0, 0.1) is 5.92 Å². The van der Waals surface area contributed by atoms with Crippen molar-refractivity contribution in [2.24, 2.45) is 11.7 Å². The van der Waals surface area contributed by atoms with Gasteiger partial charge in [-0.3, -0.25) is 9.69 Å². The Balaban J connectivity index is 1.46. The summed E-state index contributed by atoms with van der Waals surface area (Å²) in [7, 11) is 0. The molecule has 1 atom stereocenters. The monoisotopic (exact) mass is 286 g/mol. The Labute approximate surface area is 125 Å². The number of fused-ring (bicyclic) bond motifs is 4. The zero-order valence-electron chi connectivity index (χ0n) is 12.3. The van der Waals surface area contributed by atoms with E-state index in [0.29, 0.717) is 18.8 Å². The Morgan fingerprint density at radius 1 is 1.19 bits per heavy atom. The third-order valence-electron chi connectivity index (χ3n) is 5.39. The average molecular weight is 286 g/mol. The van der Waals surface area contributed by atoms with E-state index in [2.05, 4.69) is 17.0 Å². The van der Waals surface area contributed by atoms with Crippen LogP contribution in [-0.2, 0) is 22.4 Å². The predicted octanol–water partition coefficient (Wildman–Crippen LogP) is 1.12. The zero-order chi connectivity index (χ0) is 14.4. The van der Waals surface area contributed by atoms with Crippen LogP contribution in [0.25, 0.3) is 0 Å². The number of rotatable bonds is 2. The number of hydrogen-bond acceptors (Lipinski definition) is 4. The van der Waals surface area contributed by atoms with Crippen LogP contribution >= 0.6 is 0 Å². The Hall–Kier alpha value is -1.39. The lowest BCUT2D eigenvalue weighted by Crippen LogP contribution is -2.56. The maximum absolute atomic E-state index is 12.6. The molecular formula is C17H22N2O2. The van der Waals surface area contributed by atoms with Gasteiger partial charge in [-0.2, -0.15) is 0 Å². The number of carbonyl (C=O) groups is 1. The van der Waals surface area contributed by atoms with Crippen molar-refractivity contribution in [3.63, 3.8) is 0 Å². The average Bonchev–Trinajstić information content (AvgIpc) is 2.86. The summed E-state index contributed by atoms with van der Waals surface area (Å²) >= 11 is 0. The number of benzene rings is 1. The highest BCUT2D eigenvalue weighted by Gasteiger charge is 2.44. The van der Waals surface area contributed by atoms with Crippen LogP contribution in [0.5, 0.6) is 0 Å². The van der Waals surface area contributed by atoms with E-state index < -0.39 is 5.54 Å². The highest BCUT2D eigenvalue weighted by molar-refractivity contribution is 5.83. The molecule has 4 aliphatic rings. The van der Waals surface area contributed by atoms with Gasteiger partial charge >= 0.3 is 5.97 Å². The molecule has 2 bridgehead atoms. The fraction of sp³-hybridized carbons (Fsp3) is 0.588. The largest absolute Gasteiger partial charge is 0.459 e. The number of piperidine rings is 3. The van der Waals surface area contributed by atoms with Crippen LogP contribution in [0.3, 0.4) is 0 Å². The van der Waals surface area contributed by atoms with Crippen molar-refractivity contribution in [2.75, 3.05) is 19.6 Å². The van der Waals surface area contributed by atoms with Gasteiger partial charge in [-0.15, -0.1) is 0 Å². The van der Waals surface area contributed by atoms with Crippen LogP contribution in [0.4, 0.5) is 0 Å². The van der Waals surface area contributed by atoms with Crippen LogP contribution < -0.4 is 5.73 Å². The molecule has 0 spiro atoms. The Morgan fingerprint density at radius 3 is 2.33 bits per heavy atom. The van der Waals surface area contributed by atoms with E-state index in [1.54, 1.807) is 0 Å². The minimum Gasteiger partial charge on any atom is -0.459 e. The van der Waals surface area contributed by atoms with E-state index in [9.17, 15) is 4.79 Å².